The first-order chi connectivity index (χ1) is 13.5. The molecule has 3 N–H and O–H groups in total. The Morgan fingerprint density at radius 2 is 1.64 bits per heavy atom. The van der Waals surface area contributed by atoms with Gasteiger partial charge in [-0.05, 0) is 24.8 Å². The van der Waals surface area contributed by atoms with Crippen LogP contribution in [0.5, 0.6) is 0 Å². The molecular formula is C19H23F2N5O2. The Balaban J connectivity index is 0.00000136. The van der Waals surface area contributed by atoms with Crippen LogP contribution in [0.3, 0.4) is 0 Å². The fraction of sp³-hybridized carbons (Fsp3) is 0.368. The number of hydrazine groups is 1. The summed E-state index contributed by atoms with van der Waals surface area (Å²) in [6.45, 7) is 4.00. The van der Waals surface area contributed by atoms with Crippen LogP contribution in [0.15, 0.2) is 42.7 Å². The van der Waals surface area contributed by atoms with Crippen molar-refractivity contribution in [2.45, 2.75) is 45.1 Å². The van der Waals surface area contributed by atoms with Gasteiger partial charge in [0.15, 0.2) is 0 Å². The first-order valence-electron chi connectivity index (χ1n) is 9.04. The maximum atomic E-state index is 12.1. The van der Waals surface area contributed by atoms with E-state index in [9.17, 15) is 18.4 Å². The van der Waals surface area contributed by atoms with Crippen LogP contribution in [-0.4, -0.2) is 28.2 Å². The van der Waals surface area contributed by atoms with Crippen LogP contribution in [0.2, 0.25) is 0 Å². The number of alkyl halides is 2. The van der Waals surface area contributed by atoms with E-state index in [0.29, 0.717) is 5.95 Å². The summed E-state index contributed by atoms with van der Waals surface area (Å²) in [6.07, 6.45) is 2.29. The summed E-state index contributed by atoms with van der Waals surface area (Å²) in [4.78, 5) is 30.8. The third-order valence-electron chi connectivity index (χ3n) is 4.30. The van der Waals surface area contributed by atoms with Crippen LogP contribution in [0, 0.1) is 0 Å². The third kappa shape index (κ3) is 4.99. The third-order valence-corrected chi connectivity index (χ3v) is 4.30. The molecular weight excluding hydrogens is 368 g/mol. The van der Waals surface area contributed by atoms with Crippen molar-refractivity contribution in [3.8, 4) is 0 Å². The highest BCUT2D eigenvalue weighted by Crippen LogP contribution is 2.43. The van der Waals surface area contributed by atoms with Crippen molar-refractivity contribution in [1.82, 2.24) is 20.8 Å². The van der Waals surface area contributed by atoms with E-state index in [1.165, 1.54) is 12.4 Å². The second kappa shape index (κ2) is 9.72. The molecule has 1 aliphatic carbocycles. The summed E-state index contributed by atoms with van der Waals surface area (Å²) in [5.41, 5.74) is 4.44. The van der Waals surface area contributed by atoms with Crippen molar-refractivity contribution < 1.29 is 18.4 Å². The lowest BCUT2D eigenvalue weighted by atomic mass is 9.72. The van der Waals surface area contributed by atoms with Gasteiger partial charge in [0.25, 0.3) is 5.91 Å². The molecule has 1 fully saturated rings. The van der Waals surface area contributed by atoms with E-state index < -0.39 is 18.2 Å². The maximum absolute atomic E-state index is 12.1. The number of hydrogen-bond donors (Lipinski definition) is 3. The molecule has 0 spiro atoms. The van der Waals surface area contributed by atoms with Gasteiger partial charge in [0.05, 0.1) is 11.1 Å². The average Bonchev–Trinajstić information content (AvgIpc) is 2.71. The SMILES string of the molecule is CC.O=C(NNC(=O)C(F)F)c1cnc(NC2(c3ccccc3)CCC2)nc1. The molecule has 1 saturated carbocycles. The minimum Gasteiger partial charge on any atom is -0.345 e. The normalized spacial score (nSPS) is 14.2. The van der Waals surface area contributed by atoms with Gasteiger partial charge in [0.1, 0.15) is 0 Å². The first kappa shape index (κ1) is 21.2. The van der Waals surface area contributed by atoms with Crippen LogP contribution < -0.4 is 16.2 Å². The number of rotatable bonds is 5. The van der Waals surface area contributed by atoms with E-state index in [0.717, 1.165) is 24.8 Å². The molecule has 150 valence electrons. The molecule has 7 nitrogen and oxygen atoms in total. The van der Waals surface area contributed by atoms with Crippen LogP contribution in [0.1, 0.15) is 49.0 Å². The molecule has 1 aromatic carbocycles. The standard InChI is InChI=1S/C17H17F2N5O2.C2H6/c18-13(19)15(26)24-23-14(25)11-9-20-16(21-10-11)22-17(7-4-8-17)12-5-2-1-3-6-12;1-2/h1-3,5-6,9-10,13H,4,7-8H2,(H,23,25)(H,24,26)(H,20,21,22);1-2H3. The molecule has 2 amide bonds. The largest absolute Gasteiger partial charge is 0.345 e. The van der Waals surface area contributed by atoms with Crippen molar-refractivity contribution in [3.63, 3.8) is 0 Å². The van der Waals surface area contributed by atoms with Gasteiger partial charge < -0.3 is 5.32 Å². The highest BCUT2D eigenvalue weighted by atomic mass is 19.3. The molecule has 0 unspecified atom stereocenters. The monoisotopic (exact) mass is 391 g/mol. The van der Waals surface area contributed by atoms with E-state index in [1.54, 1.807) is 5.43 Å². The molecule has 1 heterocycles. The molecule has 0 aliphatic heterocycles. The predicted molar refractivity (Wildman–Crippen MR) is 101 cm³/mol. The second-order valence-corrected chi connectivity index (χ2v) is 5.97. The number of nitrogens with one attached hydrogen (secondary N) is 3. The summed E-state index contributed by atoms with van der Waals surface area (Å²) in [5, 5.41) is 3.32. The Kier molecular flexibility index (Phi) is 7.36. The zero-order chi connectivity index (χ0) is 20.6. The topological polar surface area (TPSA) is 96.0 Å². The zero-order valence-corrected chi connectivity index (χ0v) is 15.7. The van der Waals surface area contributed by atoms with Crippen molar-refractivity contribution in [3.05, 3.63) is 53.9 Å². The van der Waals surface area contributed by atoms with Crippen molar-refractivity contribution >= 4 is 17.8 Å². The van der Waals surface area contributed by atoms with Gasteiger partial charge in [0.2, 0.25) is 5.95 Å². The average molecular weight is 391 g/mol. The Morgan fingerprint density at radius 1 is 1.04 bits per heavy atom. The molecule has 3 rings (SSSR count). The smallest absolute Gasteiger partial charge is 0.317 e. The first-order valence-corrected chi connectivity index (χ1v) is 9.04. The fourth-order valence-electron chi connectivity index (χ4n) is 2.74. The quantitative estimate of drug-likeness (QED) is 0.681. The van der Waals surface area contributed by atoms with Crippen LogP contribution in [0.4, 0.5) is 14.7 Å². The Hall–Kier alpha value is -3.10. The fourth-order valence-corrected chi connectivity index (χ4v) is 2.74. The number of amides is 2. The van der Waals surface area contributed by atoms with Gasteiger partial charge >= 0.3 is 12.3 Å². The molecule has 9 heteroatoms. The molecule has 0 saturated heterocycles. The lowest BCUT2D eigenvalue weighted by Crippen LogP contribution is -2.44. The summed E-state index contributed by atoms with van der Waals surface area (Å²) >= 11 is 0. The maximum Gasteiger partial charge on any atom is 0.317 e. The predicted octanol–water partition coefficient (Wildman–Crippen LogP) is 3.02. The van der Waals surface area contributed by atoms with Gasteiger partial charge in [-0.2, -0.15) is 8.78 Å². The molecule has 1 aromatic heterocycles. The summed E-state index contributed by atoms with van der Waals surface area (Å²) in [6, 6.07) is 9.98. The van der Waals surface area contributed by atoms with Gasteiger partial charge in [-0.1, -0.05) is 44.2 Å². The van der Waals surface area contributed by atoms with Gasteiger partial charge in [0, 0.05) is 12.4 Å². The Morgan fingerprint density at radius 3 is 2.14 bits per heavy atom. The second-order valence-electron chi connectivity index (χ2n) is 5.97. The number of carbonyl (C=O) groups excluding carboxylic acids is 2. The van der Waals surface area contributed by atoms with Gasteiger partial charge in [-0.3, -0.25) is 20.4 Å². The van der Waals surface area contributed by atoms with Crippen LogP contribution in [-0.2, 0) is 10.3 Å². The van der Waals surface area contributed by atoms with Gasteiger partial charge in [-0.15, -0.1) is 0 Å². The molecule has 28 heavy (non-hydrogen) atoms. The minimum absolute atomic E-state index is 0.0347. The van der Waals surface area contributed by atoms with Crippen LogP contribution >= 0.6 is 0 Å². The lowest BCUT2D eigenvalue weighted by Gasteiger charge is -2.43. The molecule has 2 aromatic rings. The molecule has 1 aliphatic rings. The summed E-state index contributed by atoms with van der Waals surface area (Å²) in [5.74, 6) is -2.01. The molecule has 0 radical (unpaired) electrons. The van der Waals surface area contributed by atoms with Crippen molar-refractivity contribution in [2.75, 3.05) is 5.32 Å². The van der Waals surface area contributed by atoms with Crippen LogP contribution in [0.25, 0.3) is 0 Å². The Labute approximate surface area is 161 Å². The molecule has 0 atom stereocenters. The number of nitrogens with zero attached hydrogens (tertiary/aromatic N) is 2. The number of benzene rings is 1. The Bertz CT molecular complexity index is 781. The zero-order valence-electron chi connectivity index (χ0n) is 15.7. The number of halogens is 2. The minimum atomic E-state index is -3.21. The van der Waals surface area contributed by atoms with E-state index in [2.05, 4.69) is 15.3 Å². The van der Waals surface area contributed by atoms with E-state index in [1.807, 2.05) is 49.6 Å². The highest BCUT2D eigenvalue weighted by molar-refractivity contribution is 5.95. The molecule has 0 bridgehead atoms. The van der Waals surface area contributed by atoms with Crippen molar-refractivity contribution in [1.29, 1.82) is 0 Å². The van der Waals surface area contributed by atoms with E-state index >= 15 is 0 Å². The number of anilines is 1. The van der Waals surface area contributed by atoms with Gasteiger partial charge in [-0.25, -0.2) is 9.97 Å². The summed E-state index contributed by atoms with van der Waals surface area (Å²) < 4.78 is 24.1. The highest BCUT2D eigenvalue weighted by Gasteiger charge is 2.39. The number of carbonyl (C=O) groups is 2. The summed E-state index contributed by atoms with van der Waals surface area (Å²) in [7, 11) is 0. The number of hydrogen-bond acceptors (Lipinski definition) is 5. The van der Waals surface area contributed by atoms with Crippen molar-refractivity contribution in [2.24, 2.45) is 0 Å². The van der Waals surface area contributed by atoms with E-state index in [4.69, 9.17) is 0 Å². The number of aromatic nitrogens is 2. The lowest BCUT2D eigenvalue weighted by molar-refractivity contribution is -0.132. The van der Waals surface area contributed by atoms with E-state index in [-0.39, 0.29) is 11.1 Å².